The van der Waals surface area contributed by atoms with Crippen LogP contribution in [0.4, 0.5) is 0 Å². The Balaban J connectivity index is 1.35. The van der Waals surface area contributed by atoms with Gasteiger partial charge >= 0.3 is 0 Å². The average molecular weight is 498 g/mol. The molecule has 0 radical (unpaired) electrons. The Hall–Kier alpha value is -5.28. The number of pyridine rings is 2. The molecule has 0 saturated heterocycles. The van der Waals surface area contributed by atoms with Gasteiger partial charge in [0, 0.05) is 18.0 Å². The number of rotatable bonds is 3. The van der Waals surface area contributed by atoms with Crippen LogP contribution in [0.1, 0.15) is 0 Å². The predicted octanol–water partition coefficient (Wildman–Crippen LogP) is 9.19. The summed E-state index contributed by atoms with van der Waals surface area (Å²) in [5.41, 5.74) is 7.17. The van der Waals surface area contributed by atoms with Crippen molar-refractivity contribution in [2.75, 3.05) is 0 Å². The van der Waals surface area contributed by atoms with Crippen LogP contribution in [0.5, 0.6) is 0 Å². The van der Waals surface area contributed by atoms with E-state index in [1.54, 1.807) is 0 Å². The highest BCUT2D eigenvalue weighted by atomic mass is 15.0. The van der Waals surface area contributed by atoms with Gasteiger partial charge in [0.1, 0.15) is 11.3 Å². The van der Waals surface area contributed by atoms with E-state index < -0.39 is 0 Å². The van der Waals surface area contributed by atoms with E-state index in [2.05, 4.69) is 107 Å². The van der Waals surface area contributed by atoms with E-state index in [9.17, 15) is 0 Å². The molecule has 0 aliphatic rings. The fraction of sp³-hybridized carbons (Fsp3) is 0. The third-order valence-corrected chi connectivity index (χ3v) is 7.65. The van der Waals surface area contributed by atoms with Gasteiger partial charge in [-0.2, -0.15) is 0 Å². The van der Waals surface area contributed by atoms with E-state index in [1.807, 2.05) is 42.6 Å². The van der Waals surface area contributed by atoms with E-state index >= 15 is 0 Å². The fourth-order valence-electron chi connectivity index (χ4n) is 5.89. The van der Waals surface area contributed by atoms with Gasteiger partial charge in [-0.25, -0.2) is 4.98 Å². The van der Waals surface area contributed by atoms with Crippen LogP contribution in [0, 0.1) is 0 Å². The molecule has 0 spiro atoms. The van der Waals surface area contributed by atoms with Crippen molar-refractivity contribution in [1.82, 2.24) is 14.4 Å². The lowest BCUT2D eigenvalue weighted by molar-refractivity contribution is 1.19. The van der Waals surface area contributed by atoms with Crippen molar-refractivity contribution in [2.45, 2.75) is 0 Å². The second-order valence-electron chi connectivity index (χ2n) is 9.89. The first kappa shape index (κ1) is 21.8. The Morgan fingerprint density at radius 3 is 1.85 bits per heavy atom. The highest BCUT2D eigenvalue weighted by Crippen LogP contribution is 2.38. The van der Waals surface area contributed by atoms with Crippen LogP contribution in [0.3, 0.4) is 0 Å². The van der Waals surface area contributed by atoms with Gasteiger partial charge in [0.2, 0.25) is 0 Å². The van der Waals surface area contributed by atoms with Gasteiger partial charge in [0.05, 0.1) is 11.4 Å². The van der Waals surface area contributed by atoms with E-state index in [-0.39, 0.29) is 0 Å². The fourth-order valence-corrected chi connectivity index (χ4v) is 5.89. The molecule has 0 bridgehead atoms. The van der Waals surface area contributed by atoms with Crippen molar-refractivity contribution in [3.63, 3.8) is 0 Å². The number of benzene rings is 5. The molecule has 0 atom stereocenters. The molecule has 3 heterocycles. The SMILES string of the molecule is c1ccc(-c2nc3ccccn3c2-c2cccc(-c3ccc4c5ccccc5c5ccccc5c4c3)c2)nc1. The standard InChI is InChI=1S/C36H23N3/c1-2-14-29-27(12-1)28-13-3-4-15-30(28)32-23-25(18-19-31(29)32)24-10-9-11-26(22-24)36-35(33-16-5-7-20-37-33)38-34-17-6-8-21-39(34)36/h1-23H. The molecule has 0 unspecified atom stereocenters. The maximum Gasteiger partial charge on any atom is 0.138 e. The normalized spacial score (nSPS) is 11.6. The predicted molar refractivity (Wildman–Crippen MR) is 162 cm³/mol. The molecule has 0 amide bonds. The van der Waals surface area contributed by atoms with Gasteiger partial charge in [-0.15, -0.1) is 0 Å². The van der Waals surface area contributed by atoms with Crippen molar-refractivity contribution < 1.29 is 0 Å². The number of nitrogens with zero attached hydrogens (tertiary/aromatic N) is 3. The van der Waals surface area contributed by atoms with Gasteiger partial charge in [-0.3, -0.25) is 9.38 Å². The highest BCUT2D eigenvalue weighted by Gasteiger charge is 2.17. The van der Waals surface area contributed by atoms with Gasteiger partial charge in [-0.05, 0) is 79.8 Å². The van der Waals surface area contributed by atoms with Crippen molar-refractivity contribution >= 4 is 38.0 Å². The minimum Gasteiger partial charge on any atom is -0.299 e. The van der Waals surface area contributed by atoms with Crippen LogP contribution in [0.15, 0.2) is 140 Å². The zero-order valence-electron chi connectivity index (χ0n) is 21.1. The minimum absolute atomic E-state index is 0.866. The second-order valence-corrected chi connectivity index (χ2v) is 9.89. The summed E-state index contributed by atoms with van der Waals surface area (Å²) in [6.07, 6.45) is 3.90. The molecule has 8 rings (SSSR count). The number of hydrogen-bond acceptors (Lipinski definition) is 2. The van der Waals surface area contributed by atoms with Crippen LogP contribution in [-0.4, -0.2) is 14.4 Å². The lowest BCUT2D eigenvalue weighted by Gasteiger charge is -2.13. The quantitative estimate of drug-likeness (QED) is 0.228. The zero-order valence-corrected chi connectivity index (χ0v) is 21.1. The number of imidazole rings is 1. The molecule has 5 aromatic carbocycles. The lowest BCUT2D eigenvalue weighted by atomic mass is 9.91. The van der Waals surface area contributed by atoms with Crippen molar-refractivity contribution in [1.29, 1.82) is 0 Å². The maximum atomic E-state index is 4.97. The molecular weight excluding hydrogens is 474 g/mol. The summed E-state index contributed by atoms with van der Waals surface area (Å²) in [5, 5.41) is 7.71. The molecule has 0 N–H and O–H groups in total. The number of aromatic nitrogens is 3. The maximum absolute atomic E-state index is 4.97. The molecule has 39 heavy (non-hydrogen) atoms. The van der Waals surface area contributed by atoms with Gasteiger partial charge < -0.3 is 0 Å². The van der Waals surface area contributed by atoms with E-state index in [0.29, 0.717) is 0 Å². The molecule has 182 valence electrons. The average Bonchev–Trinajstić information content (AvgIpc) is 3.41. The monoisotopic (exact) mass is 497 g/mol. The summed E-state index contributed by atoms with van der Waals surface area (Å²) in [6.45, 7) is 0. The smallest absolute Gasteiger partial charge is 0.138 e. The Kier molecular flexibility index (Phi) is 4.82. The summed E-state index contributed by atoms with van der Waals surface area (Å²) in [7, 11) is 0. The molecule has 3 nitrogen and oxygen atoms in total. The first-order valence-electron chi connectivity index (χ1n) is 13.2. The summed E-state index contributed by atoms with van der Waals surface area (Å²) < 4.78 is 2.16. The van der Waals surface area contributed by atoms with Gasteiger partial charge in [-0.1, -0.05) is 91.0 Å². The van der Waals surface area contributed by atoms with Crippen molar-refractivity contribution in [3.05, 3.63) is 140 Å². The summed E-state index contributed by atoms with van der Waals surface area (Å²) >= 11 is 0. The Morgan fingerprint density at radius 2 is 1.10 bits per heavy atom. The Morgan fingerprint density at radius 1 is 0.462 bits per heavy atom. The molecule has 3 aromatic heterocycles. The third kappa shape index (κ3) is 3.44. The number of fused-ring (bicyclic) bond motifs is 7. The number of hydrogen-bond donors (Lipinski definition) is 0. The third-order valence-electron chi connectivity index (χ3n) is 7.65. The highest BCUT2D eigenvalue weighted by molar-refractivity contribution is 6.25. The molecule has 3 heteroatoms. The summed E-state index contributed by atoms with van der Waals surface area (Å²) in [5.74, 6) is 0. The first-order chi connectivity index (χ1) is 19.3. The van der Waals surface area contributed by atoms with Crippen LogP contribution in [0.25, 0.3) is 71.7 Å². The molecule has 0 aliphatic heterocycles. The van der Waals surface area contributed by atoms with Crippen LogP contribution in [0.2, 0.25) is 0 Å². The Bertz CT molecular complexity index is 2140. The minimum atomic E-state index is 0.866. The molecule has 0 saturated carbocycles. The van der Waals surface area contributed by atoms with Gasteiger partial charge in [0.15, 0.2) is 0 Å². The topological polar surface area (TPSA) is 30.2 Å². The van der Waals surface area contributed by atoms with E-state index in [1.165, 1.54) is 43.4 Å². The van der Waals surface area contributed by atoms with E-state index in [0.717, 1.165) is 28.3 Å². The molecule has 0 fully saturated rings. The summed E-state index contributed by atoms with van der Waals surface area (Å²) in [6, 6.07) is 45.1. The van der Waals surface area contributed by atoms with Gasteiger partial charge in [0.25, 0.3) is 0 Å². The van der Waals surface area contributed by atoms with Crippen molar-refractivity contribution in [3.8, 4) is 33.8 Å². The van der Waals surface area contributed by atoms with Crippen LogP contribution in [-0.2, 0) is 0 Å². The summed E-state index contributed by atoms with van der Waals surface area (Å²) in [4.78, 5) is 9.59. The molecule has 8 aromatic rings. The lowest BCUT2D eigenvalue weighted by Crippen LogP contribution is -1.91. The molecular formula is C36H23N3. The Labute approximate surface area is 225 Å². The second kappa shape index (κ2) is 8.64. The molecule has 0 aliphatic carbocycles. The van der Waals surface area contributed by atoms with E-state index in [4.69, 9.17) is 4.98 Å². The van der Waals surface area contributed by atoms with Crippen LogP contribution < -0.4 is 0 Å². The van der Waals surface area contributed by atoms with Crippen LogP contribution >= 0.6 is 0 Å². The largest absolute Gasteiger partial charge is 0.299 e. The first-order valence-corrected chi connectivity index (χ1v) is 13.2. The van der Waals surface area contributed by atoms with Crippen molar-refractivity contribution in [2.24, 2.45) is 0 Å². The zero-order chi connectivity index (χ0) is 25.8.